The summed E-state index contributed by atoms with van der Waals surface area (Å²) in [7, 11) is 1.66. The highest BCUT2D eigenvalue weighted by atomic mass is 79.9. The summed E-state index contributed by atoms with van der Waals surface area (Å²) in [5.41, 5.74) is 7.99. The van der Waals surface area contributed by atoms with Gasteiger partial charge in [-0.05, 0) is 30.7 Å². The van der Waals surface area contributed by atoms with E-state index in [4.69, 9.17) is 10.5 Å². The van der Waals surface area contributed by atoms with Gasteiger partial charge in [0.25, 0.3) is 0 Å². The fourth-order valence-electron chi connectivity index (χ4n) is 1.53. The smallest absolute Gasteiger partial charge is 0.119 e. The van der Waals surface area contributed by atoms with Crippen molar-refractivity contribution >= 4 is 15.9 Å². The number of halogens is 1. The van der Waals surface area contributed by atoms with Crippen LogP contribution in [0.5, 0.6) is 5.75 Å². The summed E-state index contributed by atoms with van der Waals surface area (Å²) >= 11 is 3.53. The molecule has 3 nitrogen and oxygen atoms in total. The zero-order chi connectivity index (χ0) is 12.8. The van der Waals surface area contributed by atoms with Crippen LogP contribution in [0.2, 0.25) is 0 Å². The normalized spacial score (nSPS) is 12.2. The predicted octanol–water partition coefficient (Wildman–Crippen LogP) is 2.62. The third kappa shape index (κ3) is 4.15. The van der Waals surface area contributed by atoms with E-state index < -0.39 is 0 Å². The molecule has 0 saturated heterocycles. The molecule has 0 radical (unpaired) electrons. The summed E-state index contributed by atoms with van der Waals surface area (Å²) < 4.78 is 6.25. The van der Waals surface area contributed by atoms with Crippen molar-refractivity contribution in [3.8, 4) is 5.75 Å². The molecule has 0 aliphatic rings. The van der Waals surface area contributed by atoms with Crippen LogP contribution >= 0.6 is 15.9 Å². The van der Waals surface area contributed by atoms with Crippen molar-refractivity contribution in [2.24, 2.45) is 5.73 Å². The standard InChI is InChI=1S/C13H19BrN2O/c1-9(2)8-16-13(7-15)11-6-10(17-3)4-5-12(11)14/h4-6,13,16H,1,7-8,15H2,2-3H3. The van der Waals surface area contributed by atoms with Gasteiger partial charge in [-0.3, -0.25) is 0 Å². The Morgan fingerprint density at radius 2 is 2.29 bits per heavy atom. The fraction of sp³-hybridized carbons (Fsp3) is 0.385. The van der Waals surface area contributed by atoms with Gasteiger partial charge in [0.1, 0.15) is 5.75 Å². The third-order valence-electron chi connectivity index (χ3n) is 2.46. The van der Waals surface area contributed by atoms with Crippen LogP contribution in [0.15, 0.2) is 34.8 Å². The largest absolute Gasteiger partial charge is 0.497 e. The molecule has 4 heteroatoms. The molecule has 1 aromatic rings. The van der Waals surface area contributed by atoms with Gasteiger partial charge in [0.05, 0.1) is 7.11 Å². The summed E-state index contributed by atoms with van der Waals surface area (Å²) in [5.74, 6) is 0.832. The molecule has 0 fully saturated rings. The van der Waals surface area contributed by atoms with Gasteiger partial charge in [0, 0.05) is 23.6 Å². The van der Waals surface area contributed by atoms with Gasteiger partial charge in [-0.25, -0.2) is 0 Å². The number of methoxy groups -OCH3 is 1. The van der Waals surface area contributed by atoms with Crippen LogP contribution in [0.1, 0.15) is 18.5 Å². The quantitative estimate of drug-likeness (QED) is 0.794. The second kappa shape index (κ2) is 6.79. The minimum Gasteiger partial charge on any atom is -0.497 e. The van der Waals surface area contributed by atoms with E-state index in [1.165, 1.54) is 0 Å². The second-order valence-electron chi connectivity index (χ2n) is 4.01. The molecule has 1 rings (SSSR count). The monoisotopic (exact) mass is 298 g/mol. The average molecular weight is 299 g/mol. The van der Waals surface area contributed by atoms with Gasteiger partial charge in [-0.1, -0.05) is 28.1 Å². The highest BCUT2D eigenvalue weighted by Crippen LogP contribution is 2.27. The number of ether oxygens (including phenoxy) is 1. The van der Waals surface area contributed by atoms with Crippen LogP contribution in [-0.2, 0) is 0 Å². The number of nitrogens with one attached hydrogen (secondary N) is 1. The Morgan fingerprint density at radius 3 is 2.82 bits per heavy atom. The van der Waals surface area contributed by atoms with Crippen molar-refractivity contribution in [2.75, 3.05) is 20.2 Å². The summed E-state index contributed by atoms with van der Waals surface area (Å²) in [6, 6.07) is 5.97. The summed E-state index contributed by atoms with van der Waals surface area (Å²) in [6.45, 7) is 7.14. The summed E-state index contributed by atoms with van der Waals surface area (Å²) in [6.07, 6.45) is 0. The van der Waals surface area contributed by atoms with E-state index >= 15 is 0 Å². The Morgan fingerprint density at radius 1 is 1.59 bits per heavy atom. The van der Waals surface area contributed by atoms with Crippen LogP contribution in [0.3, 0.4) is 0 Å². The Bertz CT molecular complexity index is 393. The number of hydrogen-bond donors (Lipinski definition) is 2. The van der Waals surface area contributed by atoms with E-state index in [-0.39, 0.29) is 6.04 Å². The van der Waals surface area contributed by atoms with Crippen LogP contribution in [0, 0.1) is 0 Å². The second-order valence-corrected chi connectivity index (χ2v) is 4.87. The van der Waals surface area contributed by atoms with E-state index in [9.17, 15) is 0 Å². The molecule has 0 aliphatic heterocycles. The first kappa shape index (κ1) is 14.2. The molecule has 94 valence electrons. The van der Waals surface area contributed by atoms with Crippen molar-refractivity contribution in [1.29, 1.82) is 0 Å². The van der Waals surface area contributed by atoms with E-state index in [1.54, 1.807) is 7.11 Å². The number of benzene rings is 1. The van der Waals surface area contributed by atoms with Crippen LogP contribution in [0.4, 0.5) is 0 Å². The van der Waals surface area contributed by atoms with Crippen molar-refractivity contribution < 1.29 is 4.74 Å². The SMILES string of the molecule is C=C(C)CNC(CN)c1cc(OC)ccc1Br. The first-order valence-electron chi connectivity index (χ1n) is 5.49. The molecule has 1 atom stereocenters. The lowest BCUT2D eigenvalue weighted by molar-refractivity contribution is 0.413. The molecule has 17 heavy (non-hydrogen) atoms. The van der Waals surface area contributed by atoms with Crippen molar-refractivity contribution in [2.45, 2.75) is 13.0 Å². The zero-order valence-corrected chi connectivity index (χ0v) is 11.9. The lowest BCUT2D eigenvalue weighted by Crippen LogP contribution is -2.29. The Labute approximate surface area is 111 Å². The fourth-order valence-corrected chi connectivity index (χ4v) is 2.06. The first-order valence-corrected chi connectivity index (χ1v) is 6.29. The summed E-state index contributed by atoms with van der Waals surface area (Å²) in [5, 5.41) is 3.37. The summed E-state index contributed by atoms with van der Waals surface area (Å²) in [4.78, 5) is 0. The van der Waals surface area contributed by atoms with Crippen molar-refractivity contribution in [3.63, 3.8) is 0 Å². The number of hydrogen-bond acceptors (Lipinski definition) is 3. The molecule has 0 aromatic heterocycles. The minimum atomic E-state index is 0.0937. The maximum atomic E-state index is 5.80. The van der Waals surface area contributed by atoms with Gasteiger partial charge in [-0.2, -0.15) is 0 Å². The van der Waals surface area contributed by atoms with Crippen molar-refractivity contribution in [1.82, 2.24) is 5.32 Å². The molecular weight excluding hydrogens is 280 g/mol. The minimum absolute atomic E-state index is 0.0937. The van der Waals surface area contributed by atoms with Gasteiger partial charge >= 0.3 is 0 Å². The average Bonchev–Trinajstić information content (AvgIpc) is 2.31. The van der Waals surface area contributed by atoms with Crippen LogP contribution in [0.25, 0.3) is 0 Å². The van der Waals surface area contributed by atoms with Crippen LogP contribution in [-0.4, -0.2) is 20.2 Å². The molecular formula is C13H19BrN2O. The van der Waals surface area contributed by atoms with E-state index in [2.05, 4.69) is 27.8 Å². The van der Waals surface area contributed by atoms with Crippen LogP contribution < -0.4 is 15.8 Å². The molecule has 0 spiro atoms. The number of rotatable bonds is 6. The highest BCUT2D eigenvalue weighted by molar-refractivity contribution is 9.10. The molecule has 1 unspecified atom stereocenters. The lowest BCUT2D eigenvalue weighted by Gasteiger charge is -2.19. The van der Waals surface area contributed by atoms with Crippen molar-refractivity contribution in [3.05, 3.63) is 40.4 Å². The van der Waals surface area contributed by atoms with E-state index in [0.717, 1.165) is 27.9 Å². The van der Waals surface area contributed by atoms with Gasteiger partial charge in [0.15, 0.2) is 0 Å². The van der Waals surface area contributed by atoms with Gasteiger partial charge < -0.3 is 15.8 Å². The predicted molar refractivity (Wildman–Crippen MR) is 75.3 cm³/mol. The molecule has 0 heterocycles. The third-order valence-corrected chi connectivity index (χ3v) is 3.19. The zero-order valence-electron chi connectivity index (χ0n) is 10.3. The molecule has 0 aliphatic carbocycles. The Hall–Kier alpha value is -0.840. The molecule has 3 N–H and O–H groups in total. The maximum absolute atomic E-state index is 5.80. The maximum Gasteiger partial charge on any atom is 0.119 e. The van der Waals surface area contributed by atoms with E-state index in [0.29, 0.717) is 6.54 Å². The van der Waals surface area contributed by atoms with Gasteiger partial charge in [0.2, 0.25) is 0 Å². The molecule has 0 saturated carbocycles. The Kier molecular flexibility index (Phi) is 5.68. The Balaban J connectivity index is 2.89. The highest BCUT2D eigenvalue weighted by Gasteiger charge is 2.13. The van der Waals surface area contributed by atoms with E-state index in [1.807, 2.05) is 25.1 Å². The first-order chi connectivity index (χ1) is 8.08. The molecule has 0 amide bonds. The number of nitrogens with two attached hydrogens (primary N) is 1. The molecule has 1 aromatic carbocycles. The lowest BCUT2D eigenvalue weighted by atomic mass is 10.1. The topological polar surface area (TPSA) is 47.3 Å². The molecule has 0 bridgehead atoms. The van der Waals surface area contributed by atoms with Gasteiger partial charge in [-0.15, -0.1) is 0 Å².